The van der Waals surface area contributed by atoms with Crippen LogP contribution in [-0.4, -0.2) is 32.0 Å². The van der Waals surface area contributed by atoms with Gasteiger partial charge in [0.2, 0.25) is 6.04 Å². The summed E-state index contributed by atoms with van der Waals surface area (Å²) in [7, 11) is 3.07. The number of nitrogens with one attached hydrogen (secondary N) is 1. The second kappa shape index (κ2) is 8.75. The molecular formula is C19H21N3O4. The van der Waals surface area contributed by atoms with Gasteiger partial charge in [0.1, 0.15) is 11.5 Å². The Bertz CT molecular complexity index is 833. The van der Waals surface area contributed by atoms with Crippen LogP contribution in [0, 0.1) is 6.92 Å². The van der Waals surface area contributed by atoms with Crippen LogP contribution in [0.1, 0.15) is 12.5 Å². The van der Waals surface area contributed by atoms with E-state index < -0.39 is 17.7 Å². The molecule has 0 aromatic heterocycles. The van der Waals surface area contributed by atoms with Gasteiger partial charge in [0.25, 0.3) is 5.91 Å². The first-order chi connectivity index (χ1) is 12.5. The first-order valence-electron chi connectivity index (χ1n) is 7.96. The zero-order valence-corrected chi connectivity index (χ0v) is 15.1. The van der Waals surface area contributed by atoms with Crippen LogP contribution >= 0.6 is 0 Å². The van der Waals surface area contributed by atoms with Crippen molar-refractivity contribution >= 4 is 23.1 Å². The predicted molar refractivity (Wildman–Crippen MR) is 98.3 cm³/mol. The number of azo groups is 1. The lowest BCUT2D eigenvalue weighted by molar-refractivity contribution is -0.126. The van der Waals surface area contributed by atoms with Crippen molar-refractivity contribution < 1.29 is 19.1 Å². The summed E-state index contributed by atoms with van der Waals surface area (Å²) >= 11 is 0. The van der Waals surface area contributed by atoms with Gasteiger partial charge in [-0.15, -0.1) is 0 Å². The molecule has 0 spiro atoms. The number of methoxy groups -OCH3 is 2. The number of anilines is 1. The van der Waals surface area contributed by atoms with Gasteiger partial charge in [0, 0.05) is 0 Å². The minimum absolute atomic E-state index is 0.410. The van der Waals surface area contributed by atoms with E-state index in [0.717, 1.165) is 5.56 Å². The first-order valence-corrected chi connectivity index (χ1v) is 7.96. The molecule has 0 heterocycles. The van der Waals surface area contributed by atoms with Crippen LogP contribution in [0.4, 0.5) is 11.4 Å². The fraction of sp³-hybridized carbons (Fsp3) is 0.263. The van der Waals surface area contributed by atoms with Crippen LogP contribution in [0.25, 0.3) is 0 Å². The number of rotatable bonds is 7. The topological polar surface area (TPSA) is 89.4 Å². The van der Waals surface area contributed by atoms with Crippen LogP contribution in [-0.2, 0) is 9.59 Å². The molecule has 0 radical (unpaired) electrons. The summed E-state index contributed by atoms with van der Waals surface area (Å²) < 4.78 is 10.3. The molecule has 1 atom stereocenters. The molecule has 0 saturated carbocycles. The summed E-state index contributed by atoms with van der Waals surface area (Å²) in [6.45, 7) is 3.14. The highest BCUT2D eigenvalue weighted by molar-refractivity contribution is 6.10. The summed E-state index contributed by atoms with van der Waals surface area (Å²) in [6, 6.07) is 10.9. The lowest BCUT2D eigenvalue weighted by Crippen LogP contribution is -2.31. The number of para-hydroxylation sites is 2. The number of carbonyl (C=O) groups excluding carboxylic acids is 2. The monoisotopic (exact) mass is 355 g/mol. The molecule has 2 rings (SSSR count). The molecule has 26 heavy (non-hydrogen) atoms. The van der Waals surface area contributed by atoms with E-state index in [1.807, 2.05) is 6.92 Å². The third-order valence-corrected chi connectivity index (χ3v) is 3.68. The number of nitrogens with zero attached hydrogens (tertiary/aromatic N) is 2. The van der Waals surface area contributed by atoms with Crippen molar-refractivity contribution in [3.8, 4) is 11.5 Å². The van der Waals surface area contributed by atoms with Gasteiger partial charge in [-0.25, -0.2) is 0 Å². The number of benzene rings is 2. The van der Waals surface area contributed by atoms with Gasteiger partial charge in [-0.1, -0.05) is 12.1 Å². The molecule has 0 aliphatic rings. The van der Waals surface area contributed by atoms with Crippen LogP contribution in [0.2, 0.25) is 0 Å². The van der Waals surface area contributed by atoms with Crippen molar-refractivity contribution in [2.75, 3.05) is 19.5 Å². The molecule has 7 heteroatoms. The molecule has 0 saturated heterocycles. The summed E-state index contributed by atoms with van der Waals surface area (Å²) in [6.07, 6.45) is 0. The van der Waals surface area contributed by atoms with Gasteiger partial charge in [-0.3, -0.25) is 9.59 Å². The Morgan fingerprint density at radius 3 is 2.42 bits per heavy atom. The van der Waals surface area contributed by atoms with E-state index in [9.17, 15) is 9.59 Å². The first kappa shape index (κ1) is 19.1. The average molecular weight is 355 g/mol. The fourth-order valence-electron chi connectivity index (χ4n) is 2.25. The number of ether oxygens (including phenoxy) is 2. The molecule has 7 nitrogen and oxygen atoms in total. The molecule has 2 aromatic rings. The minimum Gasteiger partial charge on any atom is -0.497 e. The molecule has 2 aromatic carbocycles. The van der Waals surface area contributed by atoms with Crippen molar-refractivity contribution in [2.24, 2.45) is 10.2 Å². The molecule has 1 unspecified atom stereocenters. The van der Waals surface area contributed by atoms with Gasteiger partial charge in [0.05, 0.1) is 25.6 Å². The van der Waals surface area contributed by atoms with E-state index in [1.54, 1.807) is 49.6 Å². The van der Waals surface area contributed by atoms with Gasteiger partial charge >= 0.3 is 0 Å². The molecule has 0 fully saturated rings. The molecule has 0 aliphatic carbocycles. The highest BCUT2D eigenvalue weighted by Gasteiger charge is 2.24. The Balaban J connectivity index is 2.20. The summed E-state index contributed by atoms with van der Waals surface area (Å²) in [4.78, 5) is 24.3. The second-order valence-corrected chi connectivity index (χ2v) is 5.57. The molecule has 0 aliphatic heterocycles. The number of carbonyl (C=O) groups is 2. The largest absolute Gasteiger partial charge is 0.497 e. The minimum atomic E-state index is -1.25. The third kappa shape index (κ3) is 4.66. The van der Waals surface area contributed by atoms with Crippen molar-refractivity contribution in [2.45, 2.75) is 19.9 Å². The summed E-state index contributed by atoms with van der Waals surface area (Å²) in [5.41, 5.74) is 1.84. The maximum absolute atomic E-state index is 12.5. The van der Waals surface area contributed by atoms with Crippen LogP contribution in [0.15, 0.2) is 52.7 Å². The second-order valence-electron chi connectivity index (χ2n) is 5.57. The Morgan fingerprint density at radius 1 is 1.08 bits per heavy atom. The smallest absolute Gasteiger partial charge is 0.258 e. The fourth-order valence-corrected chi connectivity index (χ4v) is 2.25. The maximum Gasteiger partial charge on any atom is 0.258 e. The van der Waals surface area contributed by atoms with Gasteiger partial charge < -0.3 is 14.8 Å². The Labute approximate surface area is 152 Å². The number of ketones is 1. The molecule has 1 amide bonds. The molecule has 0 bridgehead atoms. The van der Waals surface area contributed by atoms with Crippen molar-refractivity contribution in [3.63, 3.8) is 0 Å². The van der Waals surface area contributed by atoms with Gasteiger partial charge in [0.15, 0.2) is 5.78 Å². The van der Waals surface area contributed by atoms with Crippen molar-refractivity contribution in [1.82, 2.24) is 0 Å². The van der Waals surface area contributed by atoms with E-state index >= 15 is 0 Å². The lowest BCUT2D eigenvalue weighted by Gasteiger charge is -2.12. The summed E-state index contributed by atoms with van der Waals surface area (Å²) in [5, 5.41) is 10.7. The van der Waals surface area contributed by atoms with E-state index in [0.29, 0.717) is 22.9 Å². The Hall–Kier alpha value is -3.22. The Morgan fingerprint density at radius 2 is 1.81 bits per heavy atom. The van der Waals surface area contributed by atoms with Crippen molar-refractivity contribution in [3.05, 3.63) is 48.0 Å². The molecular weight excluding hydrogens is 334 g/mol. The standard InChI is InChI=1S/C19H21N3O4/c1-12-11-14(25-3)9-10-15(12)21-22-18(13(2)23)19(24)20-16-7-5-6-8-17(16)26-4/h5-11,18H,1-4H3,(H,20,24)/b22-21+. The zero-order valence-electron chi connectivity index (χ0n) is 15.1. The SMILES string of the molecule is COc1ccc(/N=N/C(C(C)=O)C(=O)Nc2ccccc2OC)c(C)c1. The van der Waals surface area contributed by atoms with E-state index in [4.69, 9.17) is 9.47 Å². The van der Waals surface area contributed by atoms with Crippen LogP contribution in [0.5, 0.6) is 11.5 Å². The quantitative estimate of drug-likeness (QED) is 0.606. The van der Waals surface area contributed by atoms with Crippen LogP contribution < -0.4 is 14.8 Å². The third-order valence-electron chi connectivity index (χ3n) is 3.68. The summed E-state index contributed by atoms with van der Waals surface area (Å²) in [5.74, 6) is 0.203. The molecule has 136 valence electrons. The number of aryl methyl sites for hydroxylation is 1. The van der Waals surface area contributed by atoms with Crippen molar-refractivity contribution in [1.29, 1.82) is 0 Å². The van der Waals surface area contributed by atoms with Crippen LogP contribution in [0.3, 0.4) is 0 Å². The number of hydrogen-bond acceptors (Lipinski definition) is 6. The Kier molecular flexibility index (Phi) is 6.43. The predicted octanol–water partition coefficient (Wildman–Crippen LogP) is 3.69. The normalized spacial score (nSPS) is 11.8. The van der Waals surface area contributed by atoms with Gasteiger partial charge in [-0.05, 0) is 49.7 Å². The van der Waals surface area contributed by atoms with Gasteiger partial charge in [-0.2, -0.15) is 10.2 Å². The number of hydrogen-bond donors (Lipinski definition) is 1. The highest BCUT2D eigenvalue weighted by Crippen LogP contribution is 2.25. The highest BCUT2D eigenvalue weighted by atomic mass is 16.5. The van der Waals surface area contributed by atoms with E-state index in [1.165, 1.54) is 14.0 Å². The number of amides is 1. The lowest BCUT2D eigenvalue weighted by atomic mass is 10.2. The average Bonchev–Trinajstić information content (AvgIpc) is 2.63. The maximum atomic E-state index is 12.5. The zero-order chi connectivity index (χ0) is 19.1. The molecule has 1 N–H and O–H groups in total. The number of Topliss-reactive ketones (excluding diaryl/α,β-unsaturated/α-hetero) is 1. The van der Waals surface area contributed by atoms with E-state index in [2.05, 4.69) is 15.5 Å². The van der Waals surface area contributed by atoms with E-state index in [-0.39, 0.29) is 0 Å².